The third kappa shape index (κ3) is 3.62. The Balaban J connectivity index is 1.23. The molecular formula is C29H25N3OS. The van der Waals surface area contributed by atoms with Crippen LogP contribution in [0.15, 0.2) is 89.9 Å². The van der Waals surface area contributed by atoms with E-state index in [1.54, 1.807) is 11.3 Å². The van der Waals surface area contributed by atoms with E-state index >= 15 is 0 Å². The molecule has 0 radical (unpaired) electrons. The van der Waals surface area contributed by atoms with Gasteiger partial charge in [-0.3, -0.25) is 4.79 Å². The minimum atomic E-state index is -0.290. The molecule has 2 heterocycles. The lowest BCUT2D eigenvalue weighted by atomic mass is 9.94. The summed E-state index contributed by atoms with van der Waals surface area (Å²) in [5.41, 5.74) is 9.24. The van der Waals surface area contributed by atoms with Crippen molar-refractivity contribution in [3.63, 3.8) is 0 Å². The molecule has 5 heteroatoms. The van der Waals surface area contributed by atoms with Crippen molar-refractivity contribution in [1.29, 1.82) is 0 Å². The molecule has 4 aromatic rings. The predicted octanol–water partition coefficient (Wildman–Crippen LogP) is 6.58. The highest BCUT2D eigenvalue weighted by Gasteiger charge is 2.33. The van der Waals surface area contributed by atoms with Gasteiger partial charge < -0.3 is 10.2 Å². The van der Waals surface area contributed by atoms with Crippen LogP contribution >= 0.6 is 11.3 Å². The number of hydrogen-bond donors (Lipinski definition) is 1. The molecule has 0 unspecified atom stereocenters. The molecule has 1 aliphatic carbocycles. The van der Waals surface area contributed by atoms with E-state index in [1.807, 2.05) is 48.0 Å². The van der Waals surface area contributed by atoms with Crippen molar-refractivity contribution in [3.05, 3.63) is 107 Å². The third-order valence-electron chi connectivity index (χ3n) is 6.91. The van der Waals surface area contributed by atoms with Crippen molar-refractivity contribution in [2.45, 2.75) is 19.3 Å². The molecule has 0 atom stereocenters. The second-order valence-corrected chi connectivity index (χ2v) is 9.79. The Morgan fingerprint density at radius 1 is 0.971 bits per heavy atom. The SMILES string of the molecule is CC1=C(c2ccc(NC(=O)C3c4ccccc4-c4ccccc43)cc2)CN(c2nccs2)CC1. The van der Waals surface area contributed by atoms with Crippen LogP contribution < -0.4 is 10.2 Å². The summed E-state index contributed by atoms with van der Waals surface area (Å²) in [6, 6.07) is 24.7. The van der Waals surface area contributed by atoms with E-state index in [1.165, 1.54) is 16.7 Å². The van der Waals surface area contributed by atoms with Gasteiger partial charge in [0.2, 0.25) is 5.91 Å². The maximum absolute atomic E-state index is 13.4. The van der Waals surface area contributed by atoms with E-state index < -0.39 is 0 Å². The molecule has 2 aliphatic rings. The average molecular weight is 464 g/mol. The molecule has 4 nitrogen and oxygen atoms in total. The number of aromatic nitrogens is 1. The van der Waals surface area contributed by atoms with E-state index in [-0.39, 0.29) is 11.8 Å². The Kier molecular flexibility index (Phi) is 5.27. The number of rotatable bonds is 4. The van der Waals surface area contributed by atoms with Crippen LogP contribution in [0.3, 0.4) is 0 Å². The Labute approximate surface area is 203 Å². The first-order chi connectivity index (χ1) is 16.7. The van der Waals surface area contributed by atoms with Crippen LogP contribution in [0, 0.1) is 0 Å². The van der Waals surface area contributed by atoms with Crippen molar-refractivity contribution in [1.82, 2.24) is 4.98 Å². The van der Waals surface area contributed by atoms with Crippen molar-refractivity contribution in [3.8, 4) is 11.1 Å². The summed E-state index contributed by atoms with van der Waals surface area (Å²) in [6.45, 7) is 4.08. The zero-order valence-corrected chi connectivity index (χ0v) is 19.8. The minimum Gasteiger partial charge on any atom is -0.343 e. The van der Waals surface area contributed by atoms with E-state index in [2.05, 4.69) is 58.5 Å². The van der Waals surface area contributed by atoms with Gasteiger partial charge in [0, 0.05) is 30.4 Å². The summed E-state index contributed by atoms with van der Waals surface area (Å²) in [5.74, 6) is -0.282. The molecule has 0 saturated carbocycles. The highest BCUT2D eigenvalue weighted by molar-refractivity contribution is 7.13. The molecule has 0 fully saturated rings. The first-order valence-electron chi connectivity index (χ1n) is 11.6. The number of benzene rings is 3. The molecule has 1 amide bonds. The van der Waals surface area contributed by atoms with Gasteiger partial charge in [0.05, 0.1) is 5.92 Å². The third-order valence-corrected chi connectivity index (χ3v) is 7.74. The van der Waals surface area contributed by atoms with Gasteiger partial charge in [-0.2, -0.15) is 0 Å². The van der Waals surface area contributed by atoms with Gasteiger partial charge in [0.25, 0.3) is 0 Å². The fourth-order valence-corrected chi connectivity index (χ4v) is 5.81. The van der Waals surface area contributed by atoms with E-state index in [0.717, 1.165) is 52.6 Å². The van der Waals surface area contributed by atoms with Crippen LogP contribution in [0.5, 0.6) is 0 Å². The number of hydrogen-bond acceptors (Lipinski definition) is 4. The largest absolute Gasteiger partial charge is 0.343 e. The fraction of sp³-hybridized carbons (Fsp3) is 0.172. The predicted molar refractivity (Wildman–Crippen MR) is 140 cm³/mol. The fourth-order valence-electron chi connectivity index (χ4n) is 5.14. The van der Waals surface area contributed by atoms with Crippen LogP contribution in [0.4, 0.5) is 10.8 Å². The lowest BCUT2D eigenvalue weighted by Crippen LogP contribution is -2.30. The number of nitrogens with one attached hydrogen (secondary N) is 1. The van der Waals surface area contributed by atoms with Crippen molar-refractivity contribution in [2.75, 3.05) is 23.3 Å². The van der Waals surface area contributed by atoms with Crippen molar-refractivity contribution < 1.29 is 4.79 Å². The number of anilines is 2. The van der Waals surface area contributed by atoms with E-state index in [4.69, 9.17) is 0 Å². The van der Waals surface area contributed by atoms with Gasteiger partial charge >= 0.3 is 0 Å². The molecule has 3 aromatic carbocycles. The first-order valence-corrected chi connectivity index (χ1v) is 12.5. The molecule has 168 valence electrons. The van der Waals surface area contributed by atoms with Gasteiger partial charge in [-0.1, -0.05) is 66.2 Å². The number of thiazole rings is 1. The summed E-state index contributed by atoms with van der Waals surface area (Å²) >= 11 is 1.68. The lowest BCUT2D eigenvalue weighted by Gasteiger charge is -2.30. The Bertz CT molecular complexity index is 1340. The standard InChI is InChI=1S/C29H25N3OS/c1-19-14-16-32(29-30-15-17-34-29)18-26(19)20-10-12-21(13-11-20)31-28(33)27-24-8-4-2-6-22(24)23-7-3-5-9-25(23)27/h2-13,15,17,27H,14,16,18H2,1H3,(H,31,33). The van der Waals surface area contributed by atoms with Gasteiger partial charge in [0.15, 0.2) is 5.13 Å². The summed E-state index contributed by atoms with van der Waals surface area (Å²) in [4.78, 5) is 20.2. The lowest BCUT2D eigenvalue weighted by molar-refractivity contribution is -0.116. The Morgan fingerprint density at radius 3 is 2.29 bits per heavy atom. The molecule has 1 aromatic heterocycles. The van der Waals surface area contributed by atoms with Crippen LogP contribution in [0.2, 0.25) is 0 Å². The smallest absolute Gasteiger partial charge is 0.236 e. The molecule has 34 heavy (non-hydrogen) atoms. The number of carbonyl (C=O) groups excluding carboxylic acids is 1. The number of nitrogens with zero attached hydrogens (tertiary/aromatic N) is 2. The number of fused-ring (bicyclic) bond motifs is 3. The molecule has 0 saturated heterocycles. The summed E-state index contributed by atoms with van der Waals surface area (Å²) < 4.78 is 0. The van der Waals surface area contributed by atoms with Gasteiger partial charge in [-0.25, -0.2) is 4.98 Å². The van der Waals surface area contributed by atoms with Crippen LogP contribution in [0.25, 0.3) is 16.7 Å². The normalized spacial score (nSPS) is 15.3. The van der Waals surface area contributed by atoms with Crippen LogP contribution in [-0.4, -0.2) is 24.0 Å². The molecular weight excluding hydrogens is 438 g/mol. The molecule has 0 bridgehead atoms. The molecule has 6 rings (SSSR count). The molecule has 1 aliphatic heterocycles. The van der Waals surface area contributed by atoms with E-state index in [0.29, 0.717) is 0 Å². The van der Waals surface area contributed by atoms with Gasteiger partial charge in [-0.05, 0) is 58.9 Å². The maximum atomic E-state index is 13.4. The summed E-state index contributed by atoms with van der Waals surface area (Å²) in [7, 11) is 0. The quantitative estimate of drug-likeness (QED) is 0.372. The monoisotopic (exact) mass is 463 g/mol. The van der Waals surface area contributed by atoms with Crippen molar-refractivity contribution in [2.24, 2.45) is 0 Å². The Morgan fingerprint density at radius 2 is 1.65 bits per heavy atom. The molecule has 0 spiro atoms. The average Bonchev–Trinajstić information content (AvgIpc) is 3.52. The topological polar surface area (TPSA) is 45.2 Å². The number of amides is 1. The zero-order valence-electron chi connectivity index (χ0n) is 19.0. The minimum absolute atomic E-state index is 0.00755. The van der Waals surface area contributed by atoms with Crippen LogP contribution in [0.1, 0.15) is 36.0 Å². The second kappa shape index (κ2) is 8.58. The maximum Gasteiger partial charge on any atom is 0.236 e. The van der Waals surface area contributed by atoms with Gasteiger partial charge in [0.1, 0.15) is 0 Å². The second-order valence-electron chi connectivity index (χ2n) is 8.92. The zero-order chi connectivity index (χ0) is 23.1. The van der Waals surface area contributed by atoms with Crippen LogP contribution in [-0.2, 0) is 4.79 Å². The van der Waals surface area contributed by atoms with Gasteiger partial charge in [-0.15, -0.1) is 11.3 Å². The first kappa shape index (κ1) is 20.9. The Hall–Kier alpha value is -3.70. The molecule has 1 N–H and O–H groups in total. The summed E-state index contributed by atoms with van der Waals surface area (Å²) in [6.07, 6.45) is 2.90. The van der Waals surface area contributed by atoms with E-state index in [9.17, 15) is 4.79 Å². The highest BCUT2D eigenvalue weighted by atomic mass is 32.1. The van der Waals surface area contributed by atoms with Crippen molar-refractivity contribution >= 4 is 33.6 Å². The number of carbonyl (C=O) groups is 1. The highest BCUT2D eigenvalue weighted by Crippen LogP contribution is 2.45. The summed E-state index contributed by atoms with van der Waals surface area (Å²) in [5, 5.41) is 6.27.